The highest BCUT2D eigenvalue weighted by atomic mass is 14.9. The zero-order valence-corrected chi connectivity index (χ0v) is 16.4. The third-order valence-electron chi connectivity index (χ3n) is 5.37. The predicted molar refractivity (Wildman–Crippen MR) is 117 cm³/mol. The molecule has 0 bridgehead atoms. The van der Waals surface area contributed by atoms with Gasteiger partial charge in [0.25, 0.3) is 0 Å². The van der Waals surface area contributed by atoms with Crippen molar-refractivity contribution >= 4 is 10.9 Å². The third-order valence-corrected chi connectivity index (χ3v) is 5.37. The molecule has 140 valence electrons. The molecule has 0 saturated carbocycles. The quantitative estimate of drug-likeness (QED) is 0.261. The lowest BCUT2D eigenvalue weighted by molar-refractivity contribution is -0.672. The fourth-order valence-corrected chi connectivity index (χ4v) is 3.92. The lowest BCUT2D eigenvalue weighted by atomic mass is 10.0. The van der Waals surface area contributed by atoms with E-state index in [0.29, 0.717) is 0 Å². The van der Waals surface area contributed by atoms with Gasteiger partial charge >= 0.3 is 0 Å². The number of nitrogens with zero attached hydrogens (tertiary/aromatic N) is 1. The van der Waals surface area contributed by atoms with Crippen LogP contribution in [0.1, 0.15) is 36.0 Å². The van der Waals surface area contributed by atoms with Gasteiger partial charge in [-0.1, -0.05) is 72.8 Å². The number of aryl methyl sites for hydroxylation is 2. The van der Waals surface area contributed by atoms with Crippen molar-refractivity contribution in [1.82, 2.24) is 0 Å². The molecule has 0 N–H and O–H groups in total. The fourth-order valence-electron chi connectivity index (χ4n) is 3.92. The molecule has 1 nitrogen and oxygen atoms in total. The molecule has 4 aromatic rings. The minimum Gasteiger partial charge on any atom is -0.198 e. The van der Waals surface area contributed by atoms with Gasteiger partial charge < -0.3 is 0 Å². The average molecular weight is 367 g/mol. The maximum Gasteiger partial charge on any atom is 0.212 e. The summed E-state index contributed by atoms with van der Waals surface area (Å²) >= 11 is 0. The molecule has 0 amide bonds. The number of hydrogen-bond acceptors (Lipinski definition) is 0. The first-order valence-electron chi connectivity index (χ1n) is 10.4. The van der Waals surface area contributed by atoms with Gasteiger partial charge in [-0.3, -0.25) is 0 Å². The van der Waals surface area contributed by atoms with Crippen molar-refractivity contribution in [2.75, 3.05) is 0 Å². The van der Waals surface area contributed by atoms with E-state index in [4.69, 9.17) is 0 Å². The van der Waals surface area contributed by atoms with Crippen molar-refractivity contribution in [2.45, 2.75) is 38.6 Å². The molecule has 0 fully saturated rings. The lowest BCUT2D eigenvalue weighted by Gasteiger charge is -2.06. The first-order chi connectivity index (χ1) is 13.9. The van der Waals surface area contributed by atoms with E-state index in [1.54, 1.807) is 0 Å². The number of para-hydroxylation sites is 1. The van der Waals surface area contributed by atoms with Crippen molar-refractivity contribution in [1.29, 1.82) is 0 Å². The van der Waals surface area contributed by atoms with Crippen LogP contribution in [0.3, 0.4) is 0 Å². The summed E-state index contributed by atoms with van der Waals surface area (Å²) in [5.74, 6) is 0. The number of unbranched alkanes of at least 4 members (excludes halogenated alkanes) is 2. The van der Waals surface area contributed by atoms with Crippen LogP contribution in [0.2, 0.25) is 0 Å². The Morgan fingerprint density at radius 3 is 2.04 bits per heavy atom. The minimum absolute atomic E-state index is 0.986. The number of pyridine rings is 1. The molecule has 28 heavy (non-hydrogen) atoms. The average Bonchev–Trinajstić information content (AvgIpc) is 2.75. The van der Waals surface area contributed by atoms with Gasteiger partial charge in [0, 0.05) is 29.9 Å². The molecular formula is C27H28N+. The number of rotatable bonds is 8. The zero-order valence-electron chi connectivity index (χ0n) is 16.4. The molecule has 0 aliphatic carbocycles. The first-order valence-corrected chi connectivity index (χ1v) is 10.4. The van der Waals surface area contributed by atoms with E-state index < -0.39 is 0 Å². The second kappa shape index (κ2) is 9.32. The molecule has 0 unspecified atom stereocenters. The van der Waals surface area contributed by atoms with E-state index >= 15 is 0 Å². The Bertz CT molecular complexity index is 1010. The summed E-state index contributed by atoms with van der Waals surface area (Å²) < 4.78 is 2.45. The number of hydrogen-bond donors (Lipinski definition) is 0. The summed E-state index contributed by atoms with van der Waals surface area (Å²) in [6.45, 7) is 1.08. The molecule has 0 aliphatic rings. The zero-order chi connectivity index (χ0) is 19.0. The summed E-state index contributed by atoms with van der Waals surface area (Å²) in [4.78, 5) is 0. The van der Waals surface area contributed by atoms with Gasteiger partial charge in [0.05, 0.1) is 0 Å². The number of fused-ring (bicyclic) bond motifs is 1. The molecule has 0 spiro atoms. The van der Waals surface area contributed by atoms with Crippen LogP contribution in [-0.4, -0.2) is 0 Å². The van der Waals surface area contributed by atoms with Crippen molar-refractivity contribution < 1.29 is 4.57 Å². The van der Waals surface area contributed by atoms with Crippen LogP contribution in [0.5, 0.6) is 0 Å². The predicted octanol–water partition coefficient (Wildman–Crippen LogP) is 6.13. The SMILES string of the molecule is c1ccc(CCCCC[n+]2cc(Cc3ccccc3)cc3ccccc32)cc1. The fraction of sp³-hybridized carbons (Fsp3) is 0.222. The molecule has 4 rings (SSSR count). The van der Waals surface area contributed by atoms with Gasteiger partial charge in [-0.15, -0.1) is 0 Å². The highest BCUT2D eigenvalue weighted by molar-refractivity contribution is 5.75. The Balaban J connectivity index is 1.43. The maximum absolute atomic E-state index is 2.45. The largest absolute Gasteiger partial charge is 0.212 e. The summed E-state index contributed by atoms with van der Waals surface area (Å²) in [6, 6.07) is 32.7. The van der Waals surface area contributed by atoms with E-state index in [0.717, 1.165) is 13.0 Å². The molecule has 1 heterocycles. The van der Waals surface area contributed by atoms with Crippen molar-refractivity contribution in [3.63, 3.8) is 0 Å². The van der Waals surface area contributed by atoms with Gasteiger partial charge in [-0.25, -0.2) is 0 Å². The van der Waals surface area contributed by atoms with Crippen LogP contribution in [-0.2, 0) is 19.4 Å². The van der Waals surface area contributed by atoms with E-state index in [9.17, 15) is 0 Å². The molecule has 1 heteroatoms. The van der Waals surface area contributed by atoms with E-state index in [2.05, 4.69) is 102 Å². The number of aromatic nitrogens is 1. The van der Waals surface area contributed by atoms with Crippen molar-refractivity contribution in [2.24, 2.45) is 0 Å². The molecular weight excluding hydrogens is 338 g/mol. The van der Waals surface area contributed by atoms with Crippen molar-refractivity contribution in [3.8, 4) is 0 Å². The smallest absolute Gasteiger partial charge is 0.198 e. The maximum atomic E-state index is 2.45. The van der Waals surface area contributed by atoms with Crippen LogP contribution in [0.4, 0.5) is 0 Å². The Morgan fingerprint density at radius 2 is 1.25 bits per heavy atom. The first kappa shape index (κ1) is 18.4. The van der Waals surface area contributed by atoms with Gasteiger partial charge in [0.2, 0.25) is 5.52 Å². The number of benzene rings is 3. The van der Waals surface area contributed by atoms with Gasteiger partial charge in [0.15, 0.2) is 6.20 Å². The topological polar surface area (TPSA) is 3.88 Å². The monoisotopic (exact) mass is 366 g/mol. The molecule has 0 saturated heterocycles. The third kappa shape index (κ3) is 4.86. The molecule has 1 aromatic heterocycles. The van der Waals surface area contributed by atoms with Crippen LogP contribution in [0.25, 0.3) is 10.9 Å². The van der Waals surface area contributed by atoms with Crippen molar-refractivity contribution in [3.05, 3.63) is 114 Å². The summed E-state index contributed by atoms with van der Waals surface area (Å²) in [7, 11) is 0. The van der Waals surface area contributed by atoms with Crippen LogP contribution in [0, 0.1) is 0 Å². The van der Waals surface area contributed by atoms with E-state index in [-0.39, 0.29) is 0 Å². The second-order valence-electron chi connectivity index (χ2n) is 7.56. The molecule has 0 aliphatic heterocycles. The van der Waals surface area contributed by atoms with Crippen LogP contribution < -0.4 is 4.57 Å². The molecule has 0 radical (unpaired) electrons. The lowest BCUT2D eigenvalue weighted by Crippen LogP contribution is -2.35. The minimum atomic E-state index is 0.986. The Morgan fingerprint density at radius 1 is 0.571 bits per heavy atom. The van der Waals surface area contributed by atoms with Gasteiger partial charge in [-0.05, 0) is 42.5 Å². The van der Waals surface area contributed by atoms with Gasteiger partial charge in [0.1, 0.15) is 6.54 Å². The summed E-state index contributed by atoms with van der Waals surface area (Å²) in [5.41, 5.74) is 5.54. The Hall–Kier alpha value is -2.93. The Kier molecular flexibility index (Phi) is 6.14. The van der Waals surface area contributed by atoms with E-state index in [1.165, 1.54) is 53.3 Å². The standard InChI is InChI=1S/C27H28N/c1-4-12-23(13-5-1)14-8-3-11-19-28-22-25(20-24-15-6-2-7-16-24)21-26-17-9-10-18-27(26)28/h1-2,4-7,9-10,12-13,15-18,21-22H,3,8,11,14,19-20H2/q+1. The molecule has 0 atom stereocenters. The summed E-state index contributed by atoms with van der Waals surface area (Å²) in [6.07, 6.45) is 8.26. The summed E-state index contributed by atoms with van der Waals surface area (Å²) in [5, 5.41) is 1.33. The normalized spacial score (nSPS) is 11.0. The van der Waals surface area contributed by atoms with Crippen LogP contribution in [0.15, 0.2) is 97.2 Å². The van der Waals surface area contributed by atoms with Gasteiger partial charge in [-0.2, -0.15) is 4.57 Å². The molecule has 3 aromatic carbocycles. The van der Waals surface area contributed by atoms with Crippen LogP contribution >= 0.6 is 0 Å². The highest BCUT2D eigenvalue weighted by Crippen LogP contribution is 2.15. The second-order valence-corrected chi connectivity index (χ2v) is 7.56. The van der Waals surface area contributed by atoms with E-state index in [1.807, 2.05) is 0 Å². The highest BCUT2D eigenvalue weighted by Gasteiger charge is 2.11. The Labute approximate surface area is 168 Å².